The first-order valence-electron chi connectivity index (χ1n) is 6.43. The fourth-order valence-electron chi connectivity index (χ4n) is 1.97. The highest BCUT2D eigenvalue weighted by molar-refractivity contribution is 8.16. The van der Waals surface area contributed by atoms with Crippen molar-refractivity contribution < 1.29 is 13.2 Å². The topological polar surface area (TPSA) is 66.8 Å². The molecule has 1 aromatic heterocycles. The van der Waals surface area contributed by atoms with Crippen LogP contribution in [0.25, 0.3) is 0 Å². The van der Waals surface area contributed by atoms with Crippen molar-refractivity contribution in [2.24, 2.45) is 4.40 Å². The molecule has 2 heterocycles. The predicted molar refractivity (Wildman–Crippen MR) is 89.9 cm³/mol. The Morgan fingerprint density at radius 1 is 1.14 bits per heavy atom. The molecule has 0 radical (unpaired) electrons. The lowest BCUT2D eigenvalue weighted by atomic mass is 10.3. The average Bonchev–Trinajstić information content (AvgIpc) is 3.10. The molecule has 0 unspecified atom stereocenters. The number of anilines is 1. The largest absolute Gasteiger partial charge is 0.294 e. The standard InChI is InChI=1S/C14H12N2O3S3/c1-10-13(17)16(11-6-3-2-4-7-11)14(21-10)15-22(18,19)12-8-5-9-20-12/h2-10H,1H3/t10-/m0/s1. The fourth-order valence-corrected chi connectivity index (χ4v) is 5.10. The smallest absolute Gasteiger partial charge is 0.273 e. The number of amidine groups is 1. The minimum Gasteiger partial charge on any atom is -0.273 e. The van der Waals surface area contributed by atoms with E-state index in [1.165, 1.54) is 11.0 Å². The van der Waals surface area contributed by atoms with E-state index in [-0.39, 0.29) is 20.5 Å². The van der Waals surface area contributed by atoms with Gasteiger partial charge in [0.2, 0.25) is 5.91 Å². The first-order chi connectivity index (χ1) is 10.5. The van der Waals surface area contributed by atoms with Gasteiger partial charge in [0.1, 0.15) is 4.21 Å². The summed E-state index contributed by atoms with van der Waals surface area (Å²) in [4.78, 5) is 13.7. The van der Waals surface area contributed by atoms with E-state index in [1.807, 2.05) is 6.07 Å². The highest BCUT2D eigenvalue weighted by Gasteiger charge is 2.37. The Kier molecular flexibility index (Phi) is 4.07. The molecule has 22 heavy (non-hydrogen) atoms. The van der Waals surface area contributed by atoms with Gasteiger partial charge in [-0.2, -0.15) is 8.42 Å². The van der Waals surface area contributed by atoms with Gasteiger partial charge in [0.05, 0.1) is 10.9 Å². The van der Waals surface area contributed by atoms with Crippen LogP contribution in [0.4, 0.5) is 5.69 Å². The molecule has 3 rings (SSSR count). The SMILES string of the molecule is C[C@@H]1SC(=NS(=O)(=O)c2cccs2)N(c2ccccc2)C1=O. The second-order valence-corrected chi connectivity index (χ2v) is 8.64. The number of thiophene rings is 1. The van der Waals surface area contributed by atoms with Gasteiger partial charge in [-0.1, -0.05) is 36.0 Å². The number of thioether (sulfide) groups is 1. The zero-order valence-electron chi connectivity index (χ0n) is 11.5. The molecular formula is C14H12N2O3S3. The lowest BCUT2D eigenvalue weighted by molar-refractivity contribution is -0.116. The van der Waals surface area contributed by atoms with Gasteiger partial charge < -0.3 is 0 Å². The molecule has 1 aliphatic heterocycles. The van der Waals surface area contributed by atoms with Gasteiger partial charge in [0, 0.05) is 0 Å². The molecule has 5 nitrogen and oxygen atoms in total. The summed E-state index contributed by atoms with van der Waals surface area (Å²) in [6, 6.07) is 12.1. The highest BCUT2D eigenvalue weighted by Crippen LogP contribution is 2.33. The lowest BCUT2D eigenvalue weighted by Crippen LogP contribution is -2.31. The summed E-state index contributed by atoms with van der Waals surface area (Å²) in [5.74, 6) is -0.170. The van der Waals surface area contributed by atoms with Gasteiger partial charge in [0.15, 0.2) is 5.17 Å². The molecule has 1 fully saturated rings. The maximum atomic E-state index is 12.3. The number of amides is 1. The first kappa shape index (κ1) is 15.3. The molecule has 114 valence electrons. The number of carbonyl (C=O) groups is 1. The van der Waals surface area contributed by atoms with Crippen LogP contribution in [-0.4, -0.2) is 24.7 Å². The quantitative estimate of drug-likeness (QED) is 0.852. The van der Waals surface area contributed by atoms with Crippen molar-refractivity contribution in [2.75, 3.05) is 4.90 Å². The number of para-hydroxylation sites is 1. The van der Waals surface area contributed by atoms with Crippen LogP contribution in [0.5, 0.6) is 0 Å². The monoisotopic (exact) mass is 352 g/mol. The second-order valence-electron chi connectivity index (χ2n) is 4.55. The average molecular weight is 352 g/mol. The van der Waals surface area contributed by atoms with Crippen molar-refractivity contribution in [1.29, 1.82) is 0 Å². The number of benzene rings is 1. The maximum Gasteiger partial charge on any atom is 0.294 e. The van der Waals surface area contributed by atoms with E-state index in [0.29, 0.717) is 5.69 Å². The molecule has 1 aromatic carbocycles. The zero-order valence-corrected chi connectivity index (χ0v) is 14.0. The molecule has 1 atom stereocenters. The Morgan fingerprint density at radius 3 is 2.50 bits per heavy atom. The van der Waals surface area contributed by atoms with Crippen molar-refractivity contribution in [3.05, 3.63) is 47.8 Å². The molecule has 0 bridgehead atoms. The fraction of sp³-hybridized carbons (Fsp3) is 0.143. The predicted octanol–water partition coefficient (Wildman–Crippen LogP) is 2.96. The number of sulfonamides is 1. The van der Waals surface area contributed by atoms with E-state index in [2.05, 4.69) is 4.40 Å². The Balaban J connectivity index is 2.05. The number of hydrogen-bond acceptors (Lipinski definition) is 5. The van der Waals surface area contributed by atoms with E-state index < -0.39 is 10.0 Å². The molecule has 1 aliphatic rings. The van der Waals surface area contributed by atoms with E-state index in [4.69, 9.17) is 0 Å². The molecular weight excluding hydrogens is 340 g/mol. The van der Waals surface area contributed by atoms with E-state index in [1.54, 1.807) is 42.6 Å². The minimum atomic E-state index is -3.80. The molecule has 8 heteroatoms. The molecule has 0 saturated carbocycles. The Labute approximate surface area is 136 Å². The van der Waals surface area contributed by atoms with Crippen LogP contribution in [0.2, 0.25) is 0 Å². The van der Waals surface area contributed by atoms with Gasteiger partial charge >= 0.3 is 0 Å². The van der Waals surface area contributed by atoms with Gasteiger partial charge in [-0.3, -0.25) is 9.69 Å². The van der Waals surface area contributed by atoms with Crippen LogP contribution in [0.1, 0.15) is 6.92 Å². The molecule has 0 aliphatic carbocycles. The molecule has 0 N–H and O–H groups in total. The van der Waals surface area contributed by atoms with E-state index >= 15 is 0 Å². The summed E-state index contributed by atoms with van der Waals surface area (Å²) in [7, 11) is -3.80. The summed E-state index contributed by atoms with van der Waals surface area (Å²) in [5.41, 5.74) is 0.615. The minimum absolute atomic E-state index is 0.167. The van der Waals surface area contributed by atoms with E-state index in [9.17, 15) is 13.2 Å². The Bertz CT molecular complexity index is 814. The van der Waals surface area contributed by atoms with Crippen molar-refractivity contribution >= 4 is 49.9 Å². The third-order valence-corrected chi connectivity index (χ3v) is 6.80. The van der Waals surface area contributed by atoms with Crippen LogP contribution in [0.15, 0.2) is 56.5 Å². The number of rotatable bonds is 3. The maximum absolute atomic E-state index is 12.3. The summed E-state index contributed by atoms with van der Waals surface area (Å²) >= 11 is 2.26. The van der Waals surface area contributed by atoms with Crippen molar-refractivity contribution in [3.8, 4) is 0 Å². The third-order valence-electron chi connectivity index (χ3n) is 3.00. The van der Waals surface area contributed by atoms with Gasteiger partial charge in [0.25, 0.3) is 10.0 Å². The first-order valence-corrected chi connectivity index (χ1v) is 9.63. The third kappa shape index (κ3) is 2.81. The van der Waals surface area contributed by atoms with Crippen LogP contribution in [0, 0.1) is 0 Å². The summed E-state index contributed by atoms with van der Waals surface area (Å²) in [5, 5.41) is 1.51. The summed E-state index contributed by atoms with van der Waals surface area (Å²) < 4.78 is 28.7. The molecule has 2 aromatic rings. The Hall–Kier alpha value is -1.64. The van der Waals surface area contributed by atoms with Crippen molar-refractivity contribution in [3.63, 3.8) is 0 Å². The van der Waals surface area contributed by atoms with Crippen molar-refractivity contribution in [1.82, 2.24) is 0 Å². The van der Waals surface area contributed by atoms with Crippen LogP contribution in [0.3, 0.4) is 0 Å². The van der Waals surface area contributed by atoms with Crippen LogP contribution < -0.4 is 4.90 Å². The van der Waals surface area contributed by atoms with Gasteiger partial charge in [-0.25, -0.2) is 0 Å². The molecule has 1 amide bonds. The second kappa shape index (κ2) is 5.86. The summed E-state index contributed by atoms with van der Waals surface area (Å²) in [6.07, 6.45) is 0. The van der Waals surface area contributed by atoms with E-state index in [0.717, 1.165) is 23.1 Å². The molecule has 1 saturated heterocycles. The number of hydrogen-bond donors (Lipinski definition) is 0. The van der Waals surface area contributed by atoms with Crippen LogP contribution >= 0.6 is 23.1 Å². The van der Waals surface area contributed by atoms with Gasteiger partial charge in [-0.05, 0) is 30.5 Å². The lowest BCUT2D eigenvalue weighted by Gasteiger charge is -2.15. The number of carbonyl (C=O) groups excluding carboxylic acids is 1. The zero-order chi connectivity index (χ0) is 15.7. The highest BCUT2D eigenvalue weighted by atomic mass is 32.2. The van der Waals surface area contributed by atoms with Crippen molar-refractivity contribution in [2.45, 2.75) is 16.4 Å². The van der Waals surface area contributed by atoms with Crippen LogP contribution in [-0.2, 0) is 14.8 Å². The summed E-state index contributed by atoms with van der Waals surface area (Å²) in [6.45, 7) is 1.74. The molecule has 0 spiro atoms. The number of nitrogens with zero attached hydrogens (tertiary/aromatic N) is 2. The van der Waals surface area contributed by atoms with Gasteiger partial charge in [-0.15, -0.1) is 15.7 Å². The Morgan fingerprint density at radius 2 is 1.86 bits per heavy atom. The normalized spacial score (nSPS) is 20.8.